The summed E-state index contributed by atoms with van der Waals surface area (Å²) < 4.78 is 0.953. The zero-order chi connectivity index (χ0) is 11.1. The monoisotopic (exact) mass is 288 g/mol. The Morgan fingerprint density at radius 1 is 1.27 bits per heavy atom. The molecule has 1 aromatic carbocycles. The largest absolute Gasteiger partial charge is 0.294 e. The Labute approximate surface area is 104 Å². The first-order valence-electron chi connectivity index (χ1n) is 5.09. The molecule has 1 aromatic rings. The first-order chi connectivity index (χ1) is 7.24. The number of hydrogen-bond donors (Lipinski definition) is 0. The average Bonchev–Trinajstić information content (AvgIpc) is 2.24. The second-order valence-electron chi connectivity index (χ2n) is 3.43. The van der Waals surface area contributed by atoms with Crippen molar-refractivity contribution in [2.75, 3.05) is 5.88 Å². The van der Waals surface area contributed by atoms with E-state index in [9.17, 15) is 4.79 Å². The molecule has 0 amide bonds. The summed E-state index contributed by atoms with van der Waals surface area (Å²) >= 11 is 8.92. The normalized spacial score (nSPS) is 10.3. The van der Waals surface area contributed by atoms with Crippen LogP contribution in [-0.4, -0.2) is 11.7 Å². The van der Waals surface area contributed by atoms with Crippen LogP contribution in [0.5, 0.6) is 0 Å². The van der Waals surface area contributed by atoms with Gasteiger partial charge in [0.1, 0.15) is 0 Å². The molecule has 0 bridgehead atoms. The predicted molar refractivity (Wildman–Crippen MR) is 67.7 cm³/mol. The number of benzene rings is 1. The van der Waals surface area contributed by atoms with Gasteiger partial charge in [-0.15, -0.1) is 11.6 Å². The van der Waals surface area contributed by atoms with Gasteiger partial charge in [0.25, 0.3) is 0 Å². The molecule has 0 N–H and O–H groups in total. The van der Waals surface area contributed by atoms with Crippen LogP contribution in [0.4, 0.5) is 0 Å². The molecule has 0 aliphatic rings. The van der Waals surface area contributed by atoms with E-state index in [0.29, 0.717) is 12.3 Å². The molecule has 0 unspecified atom stereocenters. The van der Waals surface area contributed by atoms with Crippen molar-refractivity contribution in [1.82, 2.24) is 0 Å². The number of carbonyl (C=O) groups is 1. The van der Waals surface area contributed by atoms with Crippen LogP contribution in [-0.2, 0) is 0 Å². The molecule has 1 rings (SSSR count). The number of alkyl halides is 1. The van der Waals surface area contributed by atoms with Crippen LogP contribution in [0.3, 0.4) is 0 Å². The molecular weight excluding hydrogens is 275 g/mol. The quantitative estimate of drug-likeness (QED) is 0.430. The average molecular weight is 290 g/mol. The van der Waals surface area contributed by atoms with Gasteiger partial charge in [-0.3, -0.25) is 4.79 Å². The van der Waals surface area contributed by atoms with Crippen molar-refractivity contribution in [3.8, 4) is 0 Å². The topological polar surface area (TPSA) is 17.1 Å². The van der Waals surface area contributed by atoms with E-state index >= 15 is 0 Å². The molecule has 0 spiro atoms. The maximum absolute atomic E-state index is 11.7. The van der Waals surface area contributed by atoms with E-state index in [1.807, 2.05) is 24.3 Å². The Morgan fingerprint density at radius 2 is 2.07 bits per heavy atom. The van der Waals surface area contributed by atoms with Crippen molar-refractivity contribution in [2.45, 2.75) is 25.7 Å². The van der Waals surface area contributed by atoms with E-state index in [2.05, 4.69) is 15.9 Å². The van der Waals surface area contributed by atoms with Crippen LogP contribution in [0.25, 0.3) is 0 Å². The second kappa shape index (κ2) is 7.02. The fourth-order valence-corrected chi connectivity index (χ4v) is 1.95. The molecule has 3 heteroatoms. The maximum atomic E-state index is 11.7. The van der Waals surface area contributed by atoms with Crippen molar-refractivity contribution in [1.29, 1.82) is 0 Å². The Morgan fingerprint density at radius 3 is 2.73 bits per heavy atom. The maximum Gasteiger partial charge on any atom is 0.162 e. The van der Waals surface area contributed by atoms with E-state index in [1.165, 1.54) is 0 Å². The smallest absolute Gasteiger partial charge is 0.162 e. The Bertz CT molecular complexity index is 325. The van der Waals surface area contributed by atoms with Crippen LogP contribution in [0.1, 0.15) is 36.0 Å². The van der Waals surface area contributed by atoms with Crippen LogP contribution >= 0.6 is 27.5 Å². The van der Waals surface area contributed by atoms with Gasteiger partial charge in [-0.05, 0) is 25.0 Å². The summed E-state index contributed by atoms with van der Waals surface area (Å²) in [6.45, 7) is 0. The van der Waals surface area contributed by atoms with Crippen LogP contribution in [0.2, 0.25) is 0 Å². The van der Waals surface area contributed by atoms with E-state index in [4.69, 9.17) is 11.6 Å². The molecule has 0 aromatic heterocycles. The van der Waals surface area contributed by atoms with Gasteiger partial charge in [-0.2, -0.15) is 0 Å². The van der Waals surface area contributed by atoms with Gasteiger partial charge >= 0.3 is 0 Å². The summed E-state index contributed by atoms with van der Waals surface area (Å²) in [6, 6.07) is 7.53. The minimum absolute atomic E-state index is 0.214. The molecule has 0 aliphatic heterocycles. The highest BCUT2D eigenvalue weighted by atomic mass is 79.9. The number of unbranched alkanes of at least 4 members (excludes halogenated alkanes) is 2. The van der Waals surface area contributed by atoms with Gasteiger partial charge in [0, 0.05) is 22.3 Å². The molecule has 15 heavy (non-hydrogen) atoms. The molecule has 0 saturated carbocycles. The lowest BCUT2D eigenvalue weighted by Crippen LogP contribution is -1.98. The van der Waals surface area contributed by atoms with Gasteiger partial charge in [0.05, 0.1) is 0 Å². The molecule has 82 valence electrons. The van der Waals surface area contributed by atoms with Gasteiger partial charge in [0.2, 0.25) is 0 Å². The minimum atomic E-state index is 0.214. The molecule has 0 fully saturated rings. The molecule has 0 saturated heterocycles. The Kier molecular flexibility index (Phi) is 5.96. The van der Waals surface area contributed by atoms with Crippen LogP contribution < -0.4 is 0 Å². The first-order valence-corrected chi connectivity index (χ1v) is 6.41. The van der Waals surface area contributed by atoms with E-state index in [1.54, 1.807) is 0 Å². The molecule has 0 aliphatic carbocycles. The number of Topliss-reactive ketones (excluding diaryl/α,β-unsaturated/α-hetero) is 1. The molecule has 0 radical (unpaired) electrons. The standard InChI is InChI=1S/C12H14BrClO/c13-11-6-4-5-10(9-11)12(15)7-2-1-3-8-14/h4-6,9H,1-3,7-8H2. The highest BCUT2D eigenvalue weighted by Crippen LogP contribution is 2.14. The van der Waals surface area contributed by atoms with Crippen molar-refractivity contribution in [2.24, 2.45) is 0 Å². The molecular formula is C12H14BrClO. The SMILES string of the molecule is O=C(CCCCCCl)c1cccc(Br)c1. The third-order valence-electron chi connectivity index (χ3n) is 2.18. The second-order valence-corrected chi connectivity index (χ2v) is 4.73. The first kappa shape index (κ1) is 12.7. The predicted octanol–water partition coefficient (Wildman–Crippen LogP) is 4.43. The number of ketones is 1. The number of rotatable bonds is 6. The number of carbonyl (C=O) groups excluding carboxylic acids is 1. The van der Waals surface area contributed by atoms with Crippen LogP contribution in [0.15, 0.2) is 28.7 Å². The van der Waals surface area contributed by atoms with Gasteiger partial charge in [-0.25, -0.2) is 0 Å². The van der Waals surface area contributed by atoms with Crippen LogP contribution in [0, 0.1) is 0 Å². The van der Waals surface area contributed by atoms with E-state index in [-0.39, 0.29) is 5.78 Å². The van der Waals surface area contributed by atoms with Gasteiger partial charge in [-0.1, -0.05) is 34.5 Å². The van der Waals surface area contributed by atoms with Crippen molar-refractivity contribution < 1.29 is 4.79 Å². The van der Waals surface area contributed by atoms with Crippen molar-refractivity contribution >= 4 is 33.3 Å². The highest BCUT2D eigenvalue weighted by Gasteiger charge is 2.05. The summed E-state index contributed by atoms with van der Waals surface area (Å²) in [5.74, 6) is 0.899. The summed E-state index contributed by atoms with van der Waals surface area (Å²) in [5, 5.41) is 0. The van der Waals surface area contributed by atoms with Crippen molar-refractivity contribution in [3.63, 3.8) is 0 Å². The Balaban J connectivity index is 2.40. The van der Waals surface area contributed by atoms with Crippen molar-refractivity contribution in [3.05, 3.63) is 34.3 Å². The molecule has 1 nitrogen and oxygen atoms in total. The third kappa shape index (κ3) is 4.80. The molecule has 0 atom stereocenters. The summed E-state index contributed by atoms with van der Waals surface area (Å²) in [4.78, 5) is 11.7. The summed E-state index contributed by atoms with van der Waals surface area (Å²) in [6.07, 6.45) is 3.57. The fraction of sp³-hybridized carbons (Fsp3) is 0.417. The third-order valence-corrected chi connectivity index (χ3v) is 2.94. The van der Waals surface area contributed by atoms with Gasteiger partial charge in [0.15, 0.2) is 5.78 Å². The van der Waals surface area contributed by atoms with Gasteiger partial charge < -0.3 is 0 Å². The van der Waals surface area contributed by atoms with E-state index in [0.717, 1.165) is 29.3 Å². The lowest BCUT2D eigenvalue weighted by Gasteiger charge is -2.01. The summed E-state index contributed by atoms with van der Waals surface area (Å²) in [7, 11) is 0. The lowest BCUT2D eigenvalue weighted by molar-refractivity contribution is 0.0979. The fourth-order valence-electron chi connectivity index (χ4n) is 1.36. The zero-order valence-electron chi connectivity index (χ0n) is 8.51. The zero-order valence-corrected chi connectivity index (χ0v) is 10.9. The highest BCUT2D eigenvalue weighted by molar-refractivity contribution is 9.10. The lowest BCUT2D eigenvalue weighted by atomic mass is 10.1. The number of hydrogen-bond acceptors (Lipinski definition) is 1. The minimum Gasteiger partial charge on any atom is -0.294 e. The van der Waals surface area contributed by atoms with E-state index < -0.39 is 0 Å². The Hall–Kier alpha value is -0.340. The summed E-state index contributed by atoms with van der Waals surface area (Å²) in [5.41, 5.74) is 0.787. The molecule has 0 heterocycles. The number of halogens is 2.